The molecule has 0 unspecified atom stereocenters. The third-order valence-electron chi connectivity index (χ3n) is 0.566. The average molecular weight is 139 g/mol. The third kappa shape index (κ3) is 2.92. The zero-order valence-electron chi connectivity index (χ0n) is 4.29. The van der Waals surface area contributed by atoms with E-state index in [1.807, 2.05) is 0 Å². The van der Waals surface area contributed by atoms with Crippen molar-refractivity contribution in [2.45, 2.75) is 0 Å². The van der Waals surface area contributed by atoms with Gasteiger partial charge in [-0.15, -0.1) is 0 Å². The van der Waals surface area contributed by atoms with Gasteiger partial charge in [-0.2, -0.15) is 4.83 Å². The number of rotatable bonds is 3. The molecule has 0 spiro atoms. The first-order chi connectivity index (χ1) is 3.62. The quantitative estimate of drug-likeness (QED) is 0.303. The normalized spacial score (nSPS) is 11.8. The van der Waals surface area contributed by atoms with E-state index in [9.17, 15) is 8.42 Å². The molecule has 0 bridgehead atoms. The molecule has 0 aliphatic carbocycles. The average Bonchev–Trinajstić information content (AvgIpc) is 1.67. The molecule has 0 rings (SSSR count). The van der Waals surface area contributed by atoms with E-state index in [-0.39, 0.29) is 12.3 Å². The van der Waals surface area contributed by atoms with Gasteiger partial charge in [0.25, 0.3) is 0 Å². The van der Waals surface area contributed by atoms with Crippen LogP contribution in [0, 0.1) is 0 Å². The maximum absolute atomic E-state index is 10.3. The van der Waals surface area contributed by atoms with Crippen molar-refractivity contribution in [2.24, 2.45) is 11.6 Å². The van der Waals surface area contributed by atoms with Crippen molar-refractivity contribution in [3.05, 3.63) is 0 Å². The standard InChI is InChI=1S/C2H9N3O2S/c3-1-2-8(6,7)5-4/h5H,1-4H2. The van der Waals surface area contributed by atoms with E-state index >= 15 is 0 Å². The second-order valence-electron chi connectivity index (χ2n) is 1.23. The number of hydrogen-bond acceptors (Lipinski definition) is 4. The van der Waals surface area contributed by atoms with Crippen LogP contribution in [0.15, 0.2) is 0 Å². The second kappa shape index (κ2) is 2.98. The van der Waals surface area contributed by atoms with E-state index in [1.54, 1.807) is 4.83 Å². The molecule has 0 saturated carbocycles. The van der Waals surface area contributed by atoms with Gasteiger partial charge >= 0.3 is 0 Å². The van der Waals surface area contributed by atoms with Crippen molar-refractivity contribution in [3.8, 4) is 0 Å². The van der Waals surface area contributed by atoms with Gasteiger partial charge in [0.2, 0.25) is 10.0 Å². The Balaban J connectivity index is 3.76. The molecule has 0 radical (unpaired) electrons. The predicted molar refractivity (Wildman–Crippen MR) is 30.2 cm³/mol. The molecular weight excluding hydrogens is 130 g/mol. The molecule has 0 atom stereocenters. The lowest BCUT2D eigenvalue weighted by atomic mass is 10.8. The van der Waals surface area contributed by atoms with Crippen molar-refractivity contribution in [2.75, 3.05) is 12.3 Å². The number of hydrogen-bond donors (Lipinski definition) is 3. The highest BCUT2D eigenvalue weighted by molar-refractivity contribution is 7.89. The van der Waals surface area contributed by atoms with Crippen LogP contribution in [0.25, 0.3) is 0 Å². The second-order valence-corrected chi connectivity index (χ2v) is 3.10. The molecule has 6 heteroatoms. The van der Waals surface area contributed by atoms with E-state index in [0.717, 1.165) is 0 Å². The number of hydrazine groups is 1. The highest BCUT2D eigenvalue weighted by atomic mass is 32.2. The van der Waals surface area contributed by atoms with Gasteiger partial charge in [0.15, 0.2) is 0 Å². The first-order valence-corrected chi connectivity index (χ1v) is 3.68. The van der Waals surface area contributed by atoms with Gasteiger partial charge in [0.05, 0.1) is 5.75 Å². The molecule has 0 aromatic rings. The summed E-state index contributed by atoms with van der Waals surface area (Å²) in [5.74, 6) is 4.48. The fourth-order valence-electron chi connectivity index (χ4n) is 0.214. The van der Waals surface area contributed by atoms with Gasteiger partial charge in [-0.25, -0.2) is 8.42 Å². The predicted octanol–water partition coefficient (Wildman–Crippen LogP) is -2.26. The Labute approximate surface area is 48.1 Å². The van der Waals surface area contributed by atoms with Crippen LogP contribution in [0.3, 0.4) is 0 Å². The molecule has 0 fully saturated rings. The van der Waals surface area contributed by atoms with Gasteiger partial charge in [-0.05, 0) is 0 Å². The zero-order chi connectivity index (χ0) is 6.62. The minimum absolute atomic E-state index is 0.0898. The Hall–Kier alpha value is -0.170. The lowest BCUT2D eigenvalue weighted by Gasteiger charge is -1.95. The molecule has 0 aliphatic heterocycles. The summed E-state index contributed by atoms with van der Waals surface area (Å²) in [6, 6.07) is 0. The molecule has 5 nitrogen and oxygen atoms in total. The molecule has 0 aliphatic rings. The molecule has 5 N–H and O–H groups in total. The van der Waals surface area contributed by atoms with Crippen LogP contribution in [0.5, 0.6) is 0 Å². The minimum Gasteiger partial charge on any atom is -0.329 e. The summed E-state index contributed by atoms with van der Waals surface area (Å²) in [6.07, 6.45) is 0. The smallest absolute Gasteiger partial charge is 0.225 e. The van der Waals surface area contributed by atoms with Crippen molar-refractivity contribution in [1.82, 2.24) is 4.83 Å². The number of sulfonamides is 1. The Bertz CT molecular complexity index is 139. The first-order valence-electron chi connectivity index (χ1n) is 2.02. The summed E-state index contributed by atoms with van der Waals surface area (Å²) in [7, 11) is -3.27. The molecule has 0 aromatic carbocycles. The summed E-state index contributed by atoms with van der Waals surface area (Å²) in [5, 5.41) is 0. The summed E-state index contributed by atoms with van der Waals surface area (Å²) in [6.45, 7) is 0.0898. The summed E-state index contributed by atoms with van der Waals surface area (Å²) >= 11 is 0. The van der Waals surface area contributed by atoms with Crippen molar-refractivity contribution >= 4 is 10.0 Å². The topological polar surface area (TPSA) is 98.2 Å². The van der Waals surface area contributed by atoms with Crippen molar-refractivity contribution in [1.29, 1.82) is 0 Å². The maximum Gasteiger partial charge on any atom is 0.225 e. The lowest BCUT2D eigenvalue weighted by molar-refractivity contribution is 0.584. The van der Waals surface area contributed by atoms with E-state index in [0.29, 0.717) is 0 Å². The van der Waals surface area contributed by atoms with E-state index in [1.165, 1.54) is 0 Å². The largest absolute Gasteiger partial charge is 0.329 e. The number of nitrogens with one attached hydrogen (secondary N) is 1. The Morgan fingerprint density at radius 1 is 1.50 bits per heavy atom. The first kappa shape index (κ1) is 7.83. The van der Waals surface area contributed by atoms with E-state index < -0.39 is 10.0 Å². The summed E-state index contributed by atoms with van der Waals surface area (Å²) in [4.78, 5) is 1.63. The highest BCUT2D eigenvalue weighted by Crippen LogP contribution is 1.74. The van der Waals surface area contributed by atoms with Crippen LogP contribution in [-0.2, 0) is 10.0 Å². The molecule has 0 heterocycles. The number of nitrogens with two attached hydrogens (primary N) is 2. The molecule has 0 aromatic heterocycles. The third-order valence-corrected chi connectivity index (χ3v) is 1.70. The van der Waals surface area contributed by atoms with Crippen LogP contribution in [0.4, 0.5) is 0 Å². The monoisotopic (exact) mass is 139 g/mol. The van der Waals surface area contributed by atoms with Gasteiger partial charge in [0.1, 0.15) is 0 Å². The van der Waals surface area contributed by atoms with Crippen molar-refractivity contribution in [3.63, 3.8) is 0 Å². The van der Waals surface area contributed by atoms with Gasteiger partial charge in [0, 0.05) is 6.54 Å². The van der Waals surface area contributed by atoms with E-state index in [4.69, 9.17) is 5.73 Å². The molecule has 0 saturated heterocycles. The Kier molecular flexibility index (Phi) is 2.91. The van der Waals surface area contributed by atoms with Gasteiger partial charge in [-0.1, -0.05) is 0 Å². The summed E-state index contributed by atoms with van der Waals surface area (Å²) < 4.78 is 20.6. The SMILES string of the molecule is NCCS(=O)(=O)NN. The van der Waals surface area contributed by atoms with Crippen LogP contribution in [-0.4, -0.2) is 20.7 Å². The highest BCUT2D eigenvalue weighted by Gasteiger charge is 2.02. The lowest BCUT2D eigenvalue weighted by Crippen LogP contribution is -2.34. The van der Waals surface area contributed by atoms with Gasteiger partial charge in [-0.3, -0.25) is 5.84 Å². The molecule has 8 heavy (non-hydrogen) atoms. The zero-order valence-corrected chi connectivity index (χ0v) is 5.11. The summed E-state index contributed by atoms with van der Waals surface area (Å²) in [5.41, 5.74) is 4.92. The molecular formula is C2H9N3O2S. The minimum atomic E-state index is -3.27. The van der Waals surface area contributed by atoms with E-state index in [2.05, 4.69) is 5.84 Å². The van der Waals surface area contributed by atoms with Crippen LogP contribution < -0.4 is 16.4 Å². The fraction of sp³-hybridized carbons (Fsp3) is 1.00. The van der Waals surface area contributed by atoms with Crippen LogP contribution in [0.1, 0.15) is 0 Å². The van der Waals surface area contributed by atoms with Crippen molar-refractivity contribution < 1.29 is 8.42 Å². The molecule has 50 valence electrons. The van der Waals surface area contributed by atoms with Crippen LogP contribution in [0.2, 0.25) is 0 Å². The maximum atomic E-state index is 10.3. The van der Waals surface area contributed by atoms with Crippen LogP contribution >= 0.6 is 0 Å². The van der Waals surface area contributed by atoms with Gasteiger partial charge < -0.3 is 5.73 Å². The Morgan fingerprint density at radius 3 is 2.12 bits per heavy atom. The Morgan fingerprint density at radius 2 is 2.00 bits per heavy atom. The fourth-order valence-corrected chi connectivity index (χ4v) is 0.642. The molecule has 0 amide bonds.